The van der Waals surface area contributed by atoms with Crippen LogP contribution < -0.4 is 10.2 Å². The number of benzene rings is 3. The van der Waals surface area contributed by atoms with Gasteiger partial charge in [-0.05, 0) is 72.6 Å². The smallest absolute Gasteiger partial charge is 0.269 e. The predicted octanol–water partition coefficient (Wildman–Crippen LogP) is 6.71. The maximum absolute atomic E-state index is 13.5. The number of carbonyl (C=O) groups excluding carboxylic acids is 2. The summed E-state index contributed by atoms with van der Waals surface area (Å²) in [6.45, 7) is 0. The Morgan fingerprint density at radius 2 is 1.44 bits per heavy atom. The van der Waals surface area contributed by atoms with Crippen LogP contribution in [0.1, 0.15) is 5.56 Å². The van der Waals surface area contributed by atoms with Crippen molar-refractivity contribution < 1.29 is 9.59 Å². The van der Waals surface area contributed by atoms with Gasteiger partial charge in [-0.2, -0.15) is 5.26 Å². The summed E-state index contributed by atoms with van der Waals surface area (Å²) in [6.07, 6.45) is 0.409. The number of amides is 2. The number of rotatable bonds is 5. The maximum atomic E-state index is 13.5. The van der Waals surface area contributed by atoms with E-state index in [1.165, 1.54) is 16.7 Å². The summed E-state index contributed by atoms with van der Waals surface area (Å²) in [5.41, 5.74) is 1.74. The number of nitriles is 1. The van der Waals surface area contributed by atoms with Crippen molar-refractivity contribution in [1.29, 1.82) is 5.26 Å². The van der Waals surface area contributed by atoms with E-state index in [1.54, 1.807) is 60.7 Å². The molecule has 3 aromatic carbocycles. The third-order valence-electron chi connectivity index (χ3n) is 5.03. The Morgan fingerprint density at radius 1 is 0.912 bits per heavy atom. The zero-order valence-corrected chi connectivity index (χ0v) is 20.6. The van der Waals surface area contributed by atoms with Gasteiger partial charge in [0.05, 0.1) is 5.25 Å². The van der Waals surface area contributed by atoms with Crippen molar-refractivity contribution in [1.82, 2.24) is 0 Å². The van der Waals surface area contributed by atoms with Crippen molar-refractivity contribution in [3.63, 3.8) is 0 Å². The summed E-state index contributed by atoms with van der Waals surface area (Å²) < 4.78 is 0. The first kappa shape index (κ1) is 24.2. The van der Waals surface area contributed by atoms with Gasteiger partial charge in [0.15, 0.2) is 0 Å². The van der Waals surface area contributed by atoms with Crippen LogP contribution in [0.2, 0.25) is 15.1 Å². The largest absolute Gasteiger partial charge is 0.321 e. The highest BCUT2D eigenvalue weighted by Gasteiger charge is 2.40. The number of hydrogen-bond donors (Lipinski definition) is 1. The molecule has 2 amide bonds. The summed E-state index contributed by atoms with van der Waals surface area (Å²) in [4.78, 5) is 27.9. The van der Waals surface area contributed by atoms with Crippen molar-refractivity contribution in [2.24, 2.45) is 0 Å². The van der Waals surface area contributed by atoms with E-state index in [4.69, 9.17) is 34.8 Å². The molecule has 0 saturated carbocycles. The molecule has 1 saturated heterocycles. The predicted molar refractivity (Wildman–Crippen MR) is 138 cm³/mol. The fraction of sp³-hybridized carbons (Fsp3) is 0.0800. The van der Waals surface area contributed by atoms with E-state index in [1.807, 2.05) is 18.2 Å². The molecule has 5 nitrogen and oxygen atoms in total. The SMILES string of the molecule is N#C/C(C(=O)Nc1ccc(Cl)cc1)=C1/SC(Cc2ccc(Cl)cc2)C(=O)N1c1ccc(Cl)cc1. The molecule has 1 unspecified atom stereocenters. The zero-order chi connectivity index (χ0) is 24.2. The Labute approximate surface area is 215 Å². The van der Waals surface area contributed by atoms with Crippen LogP contribution in [-0.4, -0.2) is 17.1 Å². The molecule has 170 valence electrons. The van der Waals surface area contributed by atoms with Crippen molar-refractivity contribution in [3.05, 3.63) is 104 Å². The van der Waals surface area contributed by atoms with Crippen LogP contribution in [0.25, 0.3) is 0 Å². The third-order valence-corrected chi connectivity index (χ3v) is 7.05. The quantitative estimate of drug-likeness (QED) is 0.295. The van der Waals surface area contributed by atoms with E-state index in [2.05, 4.69) is 5.32 Å². The lowest BCUT2D eigenvalue weighted by molar-refractivity contribution is -0.117. The molecule has 1 aliphatic rings. The maximum Gasteiger partial charge on any atom is 0.269 e. The molecular formula is C25H16Cl3N3O2S. The van der Waals surface area contributed by atoms with Gasteiger partial charge in [-0.15, -0.1) is 0 Å². The van der Waals surface area contributed by atoms with Gasteiger partial charge in [0, 0.05) is 26.4 Å². The topological polar surface area (TPSA) is 73.2 Å². The van der Waals surface area contributed by atoms with Crippen LogP contribution in [0.4, 0.5) is 11.4 Å². The molecule has 1 N–H and O–H groups in total. The number of carbonyl (C=O) groups is 2. The summed E-state index contributed by atoms with van der Waals surface area (Å²) in [6, 6.07) is 22.4. The summed E-state index contributed by atoms with van der Waals surface area (Å²) >= 11 is 19.1. The van der Waals surface area contributed by atoms with Gasteiger partial charge >= 0.3 is 0 Å². The molecule has 0 aliphatic carbocycles. The Kier molecular flexibility index (Phi) is 7.50. The molecule has 1 fully saturated rings. The van der Waals surface area contributed by atoms with E-state index in [9.17, 15) is 14.9 Å². The molecule has 4 rings (SSSR count). The standard InChI is InChI=1S/C25H16Cl3N3O2S/c26-16-3-1-15(2-4-16)13-22-24(33)31(20-11-7-18(28)8-12-20)25(34-22)21(14-29)23(32)30-19-9-5-17(27)6-10-19/h1-12,22H,13H2,(H,30,32)/b25-21-. The molecule has 3 aromatic rings. The molecule has 0 aromatic heterocycles. The van der Waals surface area contributed by atoms with Crippen molar-refractivity contribution in [3.8, 4) is 6.07 Å². The average Bonchev–Trinajstić information content (AvgIpc) is 3.13. The lowest BCUT2D eigenvalue weighted by atomic mass is 10.1. The highest BCUT2D eigenvalue weighted by atomic mass is 35.5. The van der Waals surface area contributed by atoms with E-state index in [-0.39, 0.29) is 16.5 Å². The monoisotopic (exact) mass is 527 g/mol. The Morgan fingerprint density at radius 3 is 2.00 bits per heavy atom. The Balaban J connectivity index is 1.71. The van der Waals surface area contributed by atoms with Gasteiger partial charge in [0.1, 0.15) is 16.7 Å². The Bertz CT molecular complexity index is 1300. The number of hydrogen-bond acceptors (Lipinski definition) is 4. The number of nitrogens with one attached hydrogen (secondary N) is 1. The first-order valence-electron chi connectivity index (χ1n) is 10.1. The van der Waals surface area contributed by atoms with Crippen LogP contribution >= 0.6 is 46.6 Å². The third kappa shape index (κ3) is 5.40. The summed E-state index contributed by atoms with van der Waals surface area (Å²) in [5, 5.41) is 14.0. The number of halogens is 3. The van der Waals surface area contributed by atoms with Crippen molar-refractivity contribution >= 4 is 69.8 Å². The van der Waals surface area contributed by atoms with Crippen molar-refractivity contribution in [2.45, 2.75) is 11.7 Å². The van der Waals surface area contributed by atoms with E-state index in [0.29, 0.717) is 32.9 Å². The number of nitrogens with zero attached hydrogens (tertiary/aromatic N) is 2. The summed E-state index contributed by atoms with van der Waals surface area (Å²) in [7, 11) is 0. The number of anilines is 2. The second kappa shape index (κ2) is 10.5. The second-order valence-corrected chi connectivity index (χ2v) is 9.84. The van der Waals surface area contributed by atoms with E-state index < -0.39 is 11.2 Å². The molecule has 0 spiro atoms. The van der Waals surface area contributed by atoms with Gasteiger partial charge < -0.3 is 5.32 Å². The minimum Gasteiger partial charge on any atom is -0.321 e. The summed E-state index contributed by atoms with van der Waals surface area (Å²) in [5.74, 6) is -0.851. The van der Waals surface area contributed by atoms with Crippen molar-refractivity contribution in [2.75, 3.05) is 10.2 Å². The number of thioether (sulfide) groups is 1. The van der Waals surface area contributed by atoms with Crippen LogP contribution in [0.5, 0.6) is 0 Å². The highest BCUT2D eigenvalue weighted by Crippen LogP contribution is 2.42. The van der Waals surface area contributed by atoms with Gasteiger partial charge in [-0.25, -0.2) is 0 Å². The molecule has 1 atom stereocenters. The lowest BCUT2D eigenvalue weighted by Crippen LogP contribution is -2.30. The van der Waals surface area contributed by atoms with Gasteiger partial charge in [0.25, 0.3) is 5.91 Å². The fourth-order valence-electron chi connectivity index (χ4n) is 3.37. The average molecular weight is 529 g/mol. The van der Waals surface area contributed by atoms with Crippen LogP contribution in [0.15, 0.2) is 83.4 Å². The van der Waals surface area contributed by atoms with Crippen LogP contribution in [0.3, 0.4) is 0 Å². The second-order valence-electron chi connectivity index (χ2n) is 7.34. The normalized spacial score (nSPS) is 16.8. The molecule has 9 heteroatoms. The first-order chi connectivity index (χ1) is 16.4. The molecule has 0 radical (unpaired) electrons. The fourth-order valence-corrected chi connectivity index (χ4v) is 5.06. The molecular weight excluding hydrogens is 513 g/mol. The van der Waals surface area contributed by atoms with E-state index in [0.717, 1.165) is 5.56 Å². The molecule has 34 heavy (non-hydrogen) atoms. The first-order valence-corrected chi connectivity index (χ1v) is 12.1. The van der Waals surface area contributed by atoms with Gasteiger partial charge in [-0.1, -0.05) is 58.7 Å². The zero-order valence-electron chi connectivity index (χ0n) is 17.5. The minimum atomic E-state index is -0.619. The molecule has 1 heterocycles. The van der Waals surface area contributed by atoms with Crippen LogP contribution in [-0.2, 0) is 16.0 Å². The lowest BCUT2D eigenvalue weighted by Gasteiger charge is -2.19. The van der Waals surface area contributed by atoms with Gasteiger partial charge in [-0.3, -0.25) is 14.5 Å². The minimum absolute atomic E-state index is 0.165. The molecule has 0 bridgehead atoms. The molecule has 1 aliphatic heterocycles. The van der Waals surface area contributed by atoms with Gasteiger partial charge in [0.2, 0.25) is 5.91 Å². The highest BCUT2D eigenvalue weighted by molar-refractivity contribution is 8.05. The van der Waals surface area contributed by atoms with Crippen LogP contribution in [0, 0.1) is 11.3 Å². The van der Waals surface area contributed by atoms with E-state index >= 15 is 0 Å². The Hall–Kier alpha value is -2.95.